The first-order chi connectivity index (χ1) is 17.5. The second-order valence-corrected chi connectivity index (χ2v) is 11.2. The molecule has 0 amide bonds. The molecule has 0 saturated heterocycles. The summed E-state index contributed by atoms with van der Waals surface area (Å²) in [7, 11) is -2.18. The Morgan fingerprint density at radius 1 is 0.778 bits per heavy atom. The van der Waals surface area contributed by atoms with Crippen LogP contribution in [0.5, 0.6) is 0 Å². The molecule has 0 aliphatic carbocycles. The van der Waals surface area contributed by atoms with Crippen LogP contribution >= 0.6 is 0 Å². The third kappa shape index (κ3) is 5.98. The van der Waals surface area contributed by atoms with Gasteiger partial charge in [-0.15, -0.1) is 0 Å². The molecule has 0 fully saturated rings. The number of para-hydroxylation sites is 3. The second kappa shape index (κ2) is 12.2. The van der Waals surface area contributed by atoms with E-state index in [1.54, 1.807) is 25.2 Å². The molecule has 4 rings (SSSR count). The summed E-state index contributed by atoms with van der Waals surface area (Å²) in [6.45, 7) is 2.23. The smallest absolute Gasteiger partial charge is 0.264 e. The molecule has 1 aromatic heterocycles. The summed E-state index contributed by atoms with van der Waals surface area (Å²) >= 11 is 0. The van der Waals surface area contributed by atoms with Crippen LogP contribution in [0.4, 0.5) is 5.69 Å². The van der Waals surface area contributed by atoms with Crippen LogP contribution in [-0.2, 0) is 16.4 Å². The lowest BCUT2D eigenvalue weighted by Crippen LogP contribution is -2.28. The first kappa shape index (κ1) is 26.0. The maximum absolute atomic E-state index is 13.8. The number of hydrogen-bond acceptors (Lipinski definition) is 4. The number of aromatic nitrogens is 1. The summed E-state index contributed by atoms with van der Waals surface area (Å²) in [5.41, 5.74) is 3.45. The Balaban J connectivity index is 1.52. The number of unbranched alkanes of at least 4 members (excludes halogenated alkanes) is 7. The molecule has 5 nitrogen and oxygen atoms in total. The van der Waals surface area contributed by atoms with E-state index in [4.69, 9.17) is 4.42 Å². The standard InChI is InChI=1S/C30H36N2O3S/c1-3-4-5-6-7-8-9-10-17-24-18-11-16-23-29(24)36(33,34)32(2)27-21-14-12-19-25(27)30-31-26-20-13-15-22-28(26)35-30/h11-16,18-23H,3-10,17H2,1-2H3. The minimum absolute atomic E-state index is 0.364. The van der Waals surface area contributed by atoms with Gasteiger partial charge in [0.05, 0.1) is 16.1 Å². The topological polar surface area (TPSA) is 63.4 Å². The van der Waals surface area contributed by atoms with Crippen molar-refractivity contribution >= 4 is 26.8 Å². The van der Waals surface area contributed by atoms with Crippen molar-refractivity contribution in [2.45, 2.75) is 69.6 Å². The normalized spacial score (nSPS) is 11.7. The Hall–Kier alpha value is -3.12. The molecule has 6 heteroatoms. The van der Waals surface area contributed by atoms with E-state index in [-0.39, 0.29) is 0 Å². The fourth-order valence-electron chi connectivity index (χ4n) is 4.60. The number of nitrogens with zero attached hydrogens (tertiary/aromatic N) is 2. The van der Waals surface area contributed by atoms with Gasteiger partial charge in [-0.2, -0.15) is 0 Å². The van der Waals surface area contributed by atoms with Gasteiger partial charge in [0.2, 0.25) is 5.89 Å². The minimum atomic E-state index is -3.78. The average Bonchev–Trinajstić information content (AvgIpc) is 3.34. The Bertz CT molecular complexity index is 1340. The molecule has 0 radical (unpaired) electrons. The highest BCUT2D eigenvalue weighted by molar-refractivity contribution is 7.92. The first-order valence-electron chi connectivity index (χ1n) is 13.0. The molecule has 0 aliphatic rings. The molecule has 4 aromatic rings. The Morgan fingerprint density at radius 2 is 1.42 bits per heavy atom. The van der Waals surface area contributed by atoms with Gasteiger partial charge in [-0.25, -0.2) is 13.4 Å². The molecule has 0 spiro atoms. The summed E-state index contributed by atoms with van der Waals surface area (Å²) < 4.78 is 35.0. The lowest BCUT2D eigenvalue weighted by atomic mass is 10.0. The Kier molecular flexibility index (Phi) is 8.81. The number of benzene rings is 3. The van der Waals surface area contributed by atoms with E-state index in [0.29, 0.717) is 27.6 Å². The van der Waals surface area contributed by atoms with Crippen molar-refractivity contribution < 1.29 is 12.8 Å². The van der Waals surface area contributed by atoms with Crippen LogP contribution in [0.1, 0.15) is 63.9 Å². The number of aryl methyl sites for hydroxylation is 1. The molecule has 0 atom stereocenters. The van der Waals surface area contributed by atoms with Crippen molar-refractivity contribution in [2.24, 2.45) is 0 Å². The van der Waals surface area contributed by atoms with Crippen molar-refractivity contribution in [3.63, 3.8) is 0 Å². The van der Waals surface area contributed by atoms with Crippen molar-refractivity contribution in [1.82, 2.24) is 4.98 Å². The quantitative estimate of drug-likeness (QED) is 0.173. The van der Waals surface area contributed by atoms with Crippen molar-refractivity contribution in [1.29, 1.82) is 0 Å². The maximum atomic E-state index is 13.8. The van der Waals surface area contributed by atoms with Gasteiger partial charge in [0.1, 0.15) is 5.52 Å². The molecule has 0 aliphatic heterocycles. The van der Waals surface area contributed by atoms with E-state index in [1.165, 1.54) is 42.8 Å². The van der Waals surface area contributed by atoms with Crippen LogP contribution in [0.25, 0.3) is 22.6 Å². The molecular formula is C30H36N2O3S. The van der Waals surface area contributed by atoms with E-state index in [0.717, 1.165) is 30.3 Å². The molecule has 0 unspecified atom stereocenters. The molecule has 0 N–H and O–H groups in total. The second-order valence-electron chi connectivity index (χ2n) is 9.31. The Labute approximate surface area is 215 Å². The van der Waals surface area contributed by atoms with Crippen LogP contribution in [0.15, 0.2) is 82.1 Å². The maximum Gasteiger partial charge on any atom is 0.264 e. The molecule has 3 aromatic carbocycles. The van der Waals surface area contributed by atoms with Gasteiger partial charge in [-0.1, -0.05) is 94.3 Å². The highest BCUT2D eigenvalue weighted by Gasteiger charge is 2.27. The van der Waals surface area contributed by atoms with Gasteiger partial charge in [-0.05, 0) is 48.7 Å². The molecule has 190 valence electrons. The largest absolute Gasteiger partial charge is 0.436 e. The summed E-state index contributed by atoms with van der Waals surface area (Å²) in [5.74, 6) is 0.404. The third-order valence-electron chi connectivity index (χ3n) is 6.68. The van der Waals surface area contributed by atoms with E-state index < -0.39 is 10.0 Å². The van der Waals surface area contributed by atoms with E-state index >= 15 is 0 Å². The summed E-state index contributed by atoms with van der Waals surface area (Å²) in [5, 5.41) is 0. The number of fused-ring (bicyclic) bond motifs is 1. The van der Waals surface area contributed by atoms with Crippen LogP contribution in [0.3, 0.4) is 0 Å². The minimum Gasteiger partial charge on any atom is -0.436 e. The Morgan fingerprint density at radius 3 is 2.19 bits per heavy atom. The predicted molar refractivity (Wildman–Crippen MR) is 148 cm³/mol. The summed E-state index contributed by atoms with van der Waals surface area (Å²) in [6.07, 6.45) is 10.5. The monoisotopic (exact) mass is 504 g/mol. The molecule has 1 heterocycles. The fourth-order valence-corrected chi connectivity index (χ4v) is 6.07. The average molecular weight is 505 g/mol. The number of rotatable bonds is 13. The van der Waals surface area contributed by atoms with E-state index in [1.807, 2.05) is 54.6 Å². The highest BCUT2D eigenvalue weighted by Crippen LogP contribution is 2.35. The van der Waals surface area contributed by atoms with Gasteiger partial charge < -0.3 is 4.42 Å². The van der Waals surface area contributed by atoms with Gasteiger partial charge in [0.25, 0.3) is 10.0 Å². The zero-order valence-electron chi connectivity index (χ0n) is 21.3. The van der Waals surface area contributed by atoms with Crippen molar-refractivity contribution in [3.05, 3.63) is 78.4 Å². The van der Waals surface area contributed by atoms with Crippen LogP contribution in [-0.4, -0.2) is 20.4 Å². The molecule has 0 bridgehead atoms. The zero-order valence-corrected chi connectivity index (χ0v) is 22.1. The van der Waals surface area contributed by atoms with Gasteiger partial charge >= 0.3 is 0 Å². The van der Waals surface area contributed by atoms with E-state index in [2.05, 4.69) is 11.9 Å². The van der Waals surface area contributed by atoms with Gasteiger partial charge in [0.15, 0.2) is 5.58 Å². The number of hydrogen-bond donors (Lipinski definition) is 0. The van der Waals surface area contributed by atoms with Gasteiger partial charge in [-0.3, -0.25) is 4.31 Å². The number of anilines is 1. The lowest BCUT2D eigenvalue weighted by Gasteiger charge is -2.23. The molecule has 0 saturated carbocycles. The molecule has 36 heavy (non-hydrogen) atoms. The number of oxazole rings is 1. The predicted octanol–water partition coefficient (Wildman–Crippen LogP) is 8.00. The number of sulfonamides is 1. The summed E-state index contributed by atoms with van der Waals surface area (Å²) in [6, 6.07) is 22.2. The van der Waals surface area contributed by atoms with Crippen LogP contribution in [0.2, 0.25) is 0 Å². The van der Waals surface area contributed by atoms with Crippen LogP contribution < -0.4 is 4.31 Å². The fraction of sp³-hybridized carbons (Fsp3) is 0.367. The SMILES string of the molecule is CCCCCCCCCCc1ccccc1S(=O)(=O)N(C)c1ccccc1-c1nc2ccccc2o1. The first-order valence-corrected chi connectivity index (χ1v) is 14.5. The van der Waals surface area contributed by atoms with E-state index in [9.17, 15) is 8.42 Å². The van der Waals surface area contributed by atoms with Gasteiger partial charge in [0, 0.05) is 7.05 Å². The van der Waals surface area contributed by atoms with Crippen molar-refractivity contribution in [3.8, 4) is 11.5 Å². The zero-order chi connectivity index (χ0) is 25.4. The summed E-state index contributed by atoms with van der Waals surface area (Å²) in [4.78, 5) is 4.96. The highest BCUT2D eigenvalue weighted by atomic mass is 32.2. The van der Waals surface area contributed by atoms with Crippen LogP contribution in [0, 0.1) is 0 Å². The lowest BCUT2D eigenvalue weighted by molar-refractivity contribution is 0.572. The molecular weight excluding hydrogens is 468 g/mol. The van der Waals surface area contributed by atoms with Crippen molar-refractivity contribution in [2.75, 3.05) is 11.4 Å². The third-order valence-corrected chi connectivity index (χ3v) is 8.55.